The number of rotatable bonds is 2. The summed E-state index contributed by atoms with van der Waals surface area (Å²) in [6.07, 6.45) is 3.31. The number of hydrogen-bond donors (Lipinski definition) is 1. The van der Waals surface area contributed by atoms with E-state index in [2.05, 4.69) is 26.0 Å². The van der Waals surface area contributed by atoms with E-state index in [0.29, 0.717) is 22.8 Å². The lowest BCUT2D eigenvalue weighted by Gasteiger charge is -2.02. The normalized spacial score (nSPS) is 10.8. The number of nitrogens with two attached hydrogens (primary N) is 1. The fourth-order valence-corrected chi connectivity index (χ4v) is 2.39. The number of hydrogen-bond acceptors (Lipinski definition) is 3. The van der Waals surface area contributed by atoms with Gasteiger partial charge < -0.3 is 5.73 Å². The third-order valence-corrected chi connectivity index (χ3v) is 3.66. The zero-order chi connectivity index (χ0) is 15.0. The number of anilines is 1. The van der Waals surface area contributed by atoms with Crippen LogP contribution < -0.4 is 5.73 Å². The third kappa shape index (κ3) is 2.77. The van der Waals surface area contributed by atoms with Crippen LogP contribution in [0.15, 0.2) is 47.2 Å². The van der Waals surface area contributed by atoms with Crippen LogP contribution in [-0.4, -0.2) is 14.8 Å². The fraction of sp³-hybridized carbons (Fsp3) is 0. The smallest absolute Gasteiger partial charge is 0.153 e. The molecule has 0 aliphatic carbocycles. The predicted molar refractivity (Wildman–Crippen MR) is 83.9 cm³/mol. The van der Waals surface area contributed by atoms with E-state index >= 15 is 0 Å². The lowest BCUT2D eigenvalue weighted by Crippen LogP contribution is -1.97. The van der Waals surface area contributed by atoms with Gasteiger partial charge in [-0.2, -0.15) is 5.10 Å². The van der Waals surface area contributed by atoms with Crippen molar-refractivity contribution in [3.05, 3.63) is 58.0 Å². The molecule has 0 unspecified atom stereocenters. The molecular formula is C14H9BrClFN4. The van der Waals surface area contributed by atoms with Crippen molar-refractivity contribution in [2.75, 3.05) is 5.73 Å². The summed E-state index contributed by atoms with van der Waals surface area (Å²) in [5, 5.41) is 4.64. The largest absolute Gasteiger partial charge is 0.396 e. The van der Waals surface area contributed by atoms with Crippen molar-refractivity contribution in [3.63, 3.8) is 0 Å². The van der Waals surface area contributed by atoms with E-state index in [9.17, 15) is 4.39 Å². The minimum atomic E-state index is -0.406. The van der Waals surface area contributed by atoms with Crippen LogP contribution in [0.25, 0.3) is 17.1 Å². The highest BCUT2D eigenvalue weighted by molar-refractivity contribution is 9.10. The molecule has 0 aliphatic rings. The standard InChI is InChI=1S/C14H9BrClFN4/c15-8-1-4-13(19-6-8)21-7-12(18)14(20-21)10-3-2-9(17)5-11(10)16/h1-7H,18H2. The second kappa shape index (κ2) is 5.46. The number of pyridine rings is 1. The van der Waals surface area contributed by atoms with Crippen molar-refractivity contribution in [1.82, 2.24) is 14.8 Å². The Labute approximate surface area is 133 Å². The van der Waals surface area contributed by atoms with Gasteiger partial charge in [-0.25, -0.2) is 14.1 Å². The van der Waals surface area contributed by atoms with Gasteiger partial charge in [-0.1, -0.05) is 11.6 Å². The predicted octanol–water partition coefficient (Wildman–Crippen LogP) is 4.07. The molecule has 0 amide bonds. The van der Waals surface area contributed by atoms with Gasteiger partial charge in [-0.3, -0.25) is 0 Å². The molecule has 0 fully saturated rings. The van der Waals surface area contributed by atoms with Crippen LogP contribution in [0.4, 0.5) is 10.1 Å². The number of nitrogen functional groups attached to an aromatic ring is 1. The molecule has 4 nitrogen and oxygen atoms in total. The molecule has 0 saturated carbocycles. The maximum Gasteiger partial charge on any atom is 0.153 e. The van der Waals surface area contributed by atoms with Gasteiger partial charge in [-0.05, 0) is 46.3 Å². The summed E-state index contributed by atoms with van der Waals surface area (Å²) in [5.74, 6) is 0.214. The molecule has 7 heteroatoms. The zero-order valence-electron chi connectivity index (χ0n) is 10.6. The maximum absolute atomic E-state index is 13.1. The van der Waals surface area contributed by atoms with Crippen molar-refractivity contribution in [1.29, 1.82) is 0 Å². The highest BCUT2D eigenvalue weighted by atomic mass is 79.9. The van der Waals surface area contributed by atoms with E-state index in [1.165, 1.54) is 12.1 Å². The van der Waals surface area contributed by atoms with Crippen molar-refractivity contribution in [2.24, 2.45) is 0 Å². The molecule has 0 spiro atoms. The Morgan fingerprint density at radius 2 is 2.05 bits per heavy atom. The summed E-state index contributed by atoms with van der Waals surface area (Å²) in [6.45, 7) is 0. The minimum Gasteiger partial charge on any atom is -0.396 e. The van der Waals surface area contributed by atoms with Crippen LogP contribution in [0, 0.1) is 5.82 Å². The highest BCUT2D eigenvalue weighted by Gasteiger charge is 2.13. The molecule has 2 aromatic heterocycles. The zero-order valence-corrected chi connectivity index (χ0v) is 12.9. The first-order valence-electron chi connectivity index (χ1n) is 5.97. The molecular weight excluding hydrogens is 359 g/mol. The third-order valence-electron chi connectivity index (χ3n) is 2.88. The summed E-state index contributed by atoms with van der Waals surface area (Å²) < 4.78 is 15.5. The van der Waals surface area contributed by atoms with E-state index in [4.69, 9.17) is 17.3 Å². The second-order valence-corrected chi connectivity index (χ2v) is 5.66. The van der Waals surface area contributed by atoms with E-state index in [1.807, 2.05) is 6.07 Å². The van der Waals surface area contributed by atoms with Crippen LogP contribution in [0.1, 0.15) is 0 Å². The van der Waals surface area contributed by atoms with Crippen molar-refractivity contribution in [2.45, 2.75) is 0 Å². The molecule has 3 rings (SSSR count). The van der Waals surface area contributed by atoms with Gasteiger partial charge in [0.05, 0.1) is 16.9 Å². The minimum absolute atomic E-state index is 0.260. The number of aromatic nitrogens is 3. The quantitative estimate of drug-likeness (QED) is 0.743. The van der Waals surface area contributed by atoms with Gasteiger partial charge in [0.25, 0.3) is 0 Å². The Hall–Kier alpha value is -1.92. The average molecular weight is 368 g/mol. The summed E-state index contributed by atoms with van der Waals surface area (Å²) in [6, 6.07) is 7.75. The first-order chi connectivity index (χ1) is 10.0. The van der Waals surface area contributed by atoms with E-state index < -0.39 is 5.82 Å². The van der Waals surface area contributed by atoms with Crippen LogP contribution in [0.2, 0.25) is 5.02 Å². The molecule has 21 heavy (non-hydrogen) atoms. The van der Waals surface area contributed by atoms with Crippen molar-refractivity contribution in [3.8, 4) is 17.1 Å². The van der Waals surface area contributed by atoms with E-state index in [1.54, 1.807) is 29.2 Å². The molecule has 0 atom stereocenters. The van der Waals surface area contributed by atoms with Crippen molar-refractivity contribution < 1.29 is 4.39 Å². The summed E-state index contributed by atoms with van der Waals surface area (Å²) in [5.41, 5.74) is 7.48. The molecule has 2 heterocycles. The summed E-state index contributed by atoms with van der Waals surface area (Å²) in [4.78, 5) is 4.24. The molecule has 106 valence electrons. The number of benzene rings is 1. The van der Waals surface area contributed by atoms with Crippen molar-refractivity contribution >= 4 is 33.2 Å². The number of halogens is 3. The summed E-state index contributed by atoms with van der Waals surface area (Å²) >= 11 is 9.37. The lowest BCUT2D eigenvalue weighted by atomic mass is 10.1. The molecule has 0 aliphatic heterocycles. The number of nitrogens with zero attached hydrogens (tertiary/aromatic N) is 3. The second-order valence-electron chi connectivity index (χ2n) is 4.34. The SMILES string of the molecule is Nc1cn(-c2ccc(Br)cn2)nc1-c1ccc(F)cc1Cl. The van der Waals surface area contributed by atoms with Gasteiger partial charge in [0.2, 0.25) is 0 Å². The Bertz CT molecular complexity index is 801. The van der Waals surface area contributed by atoms with Crippen LogP contribution in [0.5, 0.6) is 0 Å². The fourth-order valence-electron chi connectivity index (χ4n) is 1.90. The van der Waals surface area contributed by atoms with Crippen LogP contribution >= 0.6 is 27.5 Å². The van der Waals surface area contributed by atoms with Gasteiger partial charge in [0, 0.05) is 16.2 Å². The molecule has 2 N–H and O–H groups in total. The van der Waals surface area contributed by atoms with Crippen LogP contribution in [-0.2, 0) is 0 Å². The first kappa shape index (κ1) is 14.0. The first-order valence-corrected chi connectivity index (χ1v) is 7.14. The van der Waals surface area contributed by atoms with Gasteiger partial charge >= 0.3 is 0 Å². The van der Waals surface area contributed by atoms with E-state index in [-0.39, 0.29) is 5.02 Å². The molecule has 3 aromatic rings. The van der Waals surface area contributed by atoms with Gasteiger partial charge in [0.15, 0.2) is 5.82 Å². The topological polar surface area (TPSA) is 56.7 Å². The lowest BCUT2D eigenvalue weighted by molar-refractivity contribution is 0.628. The Morgan fingerprint density at radius 3 is 2.71 bits per heavy atom. The van der Waals surface area contributed by atoms with Gasteiger partial charge in [-0.15, -0.1) is 0 Å². The van der Waals surface area contributed by atoms with Crippen LogP contribution in [0.3, 0.4) is 0 Å². The Kier molecular flexibility index (Phi) is 3.65. The monoisotopic (exact) mass is 366 g/mol. The van der Waals surface area contributed by atoms with E-state index in [0.717, 1.165) is 4.47 Å². The average Bonchev–Trinajstić information content (AvgIpc) is 2.81. The highest BCUT2D eigenvalue weighted by Crippen LogP contribution is 2.31. The molecule has 1 aromatic carbocycles. The molecule has 0 bridgehead atoms. The molecule has 0 saturated heterocycles. The summed E-state index contributed by atoms with van der Waals surface area (Å²) in [7, 11) is 0. The van der Waals surface area contributed by atoms with Gasteiger partial charge in [0.1, 0.15) is 11.5 Å². The Balaban J connectivity index is 2.07. The Morgan fingerprint density at radius 1 is 1.24 bits per heavy atom. The molecule has 0 radical (unpaired) electrons. The maximum atomic E-state index is 13.1.